The van der Waals surface area contributed by atoms with Crippen LogP contribution in [0.15, 0.2) is 21.7 Å². The van der Waals surface area contributed by atoms with Crippen LogP contribution in [0.1, 0.15) is 19.8 Å². The molecule has 1 heterocycles. The summed E-state index contributed by atoms with van der Waals surface area (Å²) in [4.78, 5) is 16.0. The minimum atomic E-state index is -1.09. The molecular weight excluding hydrogens is 334 g/mol. The largest absolute Gasteiger partial charge is 0.306 e. The van der Waals surface area contributed by atoms with Crippen LogP contribution in [-0.4, -0.2) is 18.0 Å². The lowest BCUT2D eigenvalue weighted by Crippen LogP contribution is -2.35. The molecule has 0 N–H and O–H groups in total. The summed E-state index contributed by atoms with van der Waals surface area (Å²) >= 11 is 2.89. The molecule has 0 bridgehead atoms. The lowest BCUT2D eigenvalue weighted by atomic mass is 10.1. The van der Waals surface area contributed by atoms with E-state index in [9.17, 15) is 13.6 Å². The minimum absolute atomic E-state index is 0.00922. The molecule has 1 saturated heterocycles. The van der Waals surface area contributed by atoms with Crippen LogP contribution in [-0.2, 0) is 4.79 Å². The number of nitrogens with zero attached hydrogens (tertiary/aromatic N) is 4. The number of amides is 1. The number of halogens is 3. The Balaban J connectivity index is 2.47. The Labute approximate surface area is 122 Å². The van der Waals surface area contributed by atoms with Crippen LogP contribution in [0.2, 0.25) is 0 Å². The van der Waals surface area contributed by atoms with E-state index in [4.69, 9.17) is 5.53 Å². The van der Waals surface area contributed by atoms with Gasteiger partial charge in [-0.25, -0.2) is 8.78 Å². The first-order valence-electron chi connectivity index (χ1n) is 6.02. The van der Waals surface area contributed by atoms with Crippen molar-refractivity contribution in [3.05, 3.63) is 38.7 Å². The number of benzene rings is 1. The predicted octanol–water partition coefficient (Wildman–Crippen LogP) is 3.92. The summed E-state index contributed by atoms with van der Waals surface area (Å²) in [6.07, 6.45) is 0.858. The van der Waals surface area contributed by atoms with Crippen molar-refractivity contribution in [2.24, 2.45) is 5.11 Å². The van der Waals surface area contributed by atoms with E-state index in [-0.39, 0.29) is 16.2 Å². The van der Waals surface area contributed by atoms with Crippen LogP contribution < -0.4 is 4.90 Å². The van der Waals surface area contributed by atoms with Gasteiger partial charge >= 0.3 is 0 Å². The Hall–Kier alpha value is -1.66. The predicted molar refractivity (Wildman–Crippen MR) is 73.2 cm³/mol. The van der Waals surface area contributed by atoms with Crippen LogP contribution in [0.4, 0.5) is 14.5 Å². The second-order valence-corrected chi connectivity index (χ2v) is 5.28. The average Bonchev–Trinajstić information content (AvgIpc) is 2.74. The Kier molecular flexibility index (Phi) is 4.25. The molecule has 2 rings (SSSR count). The fourth-order valence-corrected chi connectivity index (χ4v) is 2.64. The van der Waals surface area contributed by atoms with Gasteiger partial charge < -0.3 is 4.90 Å². The zero-order valence-electron chi connectivity index (χ0n) is 10.6. The van der Waals surface area contributed by atoms with Gasteiger partial charge in [0, 0.05) is 11.0 Å². The first-order chi connectivity index (χ1) is 9.51. The van der Waals surface area contributed by atoms with E-state index in [0.717, 1.165) is 0 Å². The summed E-state index contributed by atoms with van der Waals surface area (Å²) in [5, 5.41) is 3.41. The molecule has 0 aliphatic carbocycles. The molecule has 0 unspecified atom stereocenters. The molecule has 20 heavy (non-hydrogen) atoms. The lowest BCUT2D eigenvalue weighted by Gasteiger charge is -2.24. The van der Waals surface area contributed by atoms with Crippen LogP contribution in [0.5, 0.6) is 0 Å². The maximum atomic E-state index is 14.0. The topological polar surface area (TPSA) is 69.1 Å². The summed E-state index contributed by atoms with van der Waals surface area (Å²) in [7, 11) is 0. The highest BCUT2D eigenvalue weighted by Crippen LogP contribution is 2.34. The average molecular weight is 345 g/mol. The third-order valence-corrected chi connectivity index (χ3v) is 3.93. The number of azide groups is 1. The van der Waals surface area contributed by atoms with E-state index >= 15 is 0 Å². The van der Waals surface area contributed by atoms with Crippen LogP contribution in [0, 0.1) is 11.6 Å². The minimum Gasteiger partial charge on any atom is -0.306 e. The Morgan fingerprint density at radius 1 is 1.50 bits per heavy atom. The molecule has 1 aromatic rings. The monoisotopic (exact) mass is 344 g/mol. The second-order valence-electron chi connectivity index (χ2n) is 4.42. The molecule has 2 atom stereocenters. The van der Waals surface area contributed by atoms with Gasteiger partial charge in [-0.05, 0) is 46.4 Å². The van der Waals surface area contributed by atoms with Crippen LogP contribution in [0.25, 0.3) is 10.4 Å². The number of hydrogen-bond acceptors (Lipinski definition) is 2. The number of carbonyl (C=O) groups is 1. The van der Waals surface area contributed by atoms with Gasteiger partial charge in [-0.3, -0.25) is 4.79 Å². The van der Waals surface area contributed by atoms with Gasteiger partial charge in [0.2, 0.25) is 5.91 Å². The Morgan fingerprint density at radius 3 is 2.80 bits per heavy atom. The van der Waals surface area contributed by atoms with E-state index in [1.165, 1.54) is 17.0 Å². The smallest absolute Gasteiger partial charge is 0.236 e. The molecule has 0 spiro atoms. The maximum absolute atomic E-state index is 14.0. The molecule has 106 valence electrons. The van der Waals surface area contributed by atoms with Gasteiger partial charge in [-0.1, -0.05) is 12.0 Å². The first kappa shape index (κ1) is 14.7. The van der Waals surface area contributed by atoms with Crippen molar-refractivity contribution < 1.29 is 13.6 Å². The molecule has 8 heteroatoms. The highest BCUT2D eigenvalue weighted by Gasteiger charge is 2.40. The van der Waals surface area contributed by atoms with E-state index in [2.05, 4.69) is 26.0 Å². The number of anilines is 1. The van der Waals surface area contributed by atoms with Crippen molar-refractivity contribution in [3.8, 4) is 0 Å². The summed E-state index contributed by atoms with van der Waals surface area (Å²) < 4.78 is 27.6. The fourth-order valence-electron chi connectivity index (χ4n) is 2.33. The van der Waals surface area contributed by atoms with Crippen LogP contribution in [0.3, 0.4) is 0 Å². The van der Waals surface area contributed by atoms with E-state index < -0.39 is 23.6 Å². The maximum Gasteiger partial charge on any atom is 0.236 e. The standard InChI is InChI=1S/C12H11BrF2N4O/c1-2-6-5-8(17-18-16)12(20)19(6)9-4-3-7(13)10(14)11(9)15/h3-4,6,8H,2,5H2,1H3/t6-,8-/m1/s1. The Morgan fingerprint density at radius 2 is 2.20 bits per heavy atom. The lowest BCUT2D eigenvalue weighted by molar-refractivity contribution is -0.118. The molecular formula is C12H11BrF2N4O. The van der Waals surface area contributed by atoms with Crippen molar-refractivity contribution >= 4 is 27.5 Å². The van der Waals surface area contributed by atoms with E-state index in [1.54, 1.807) is 0 Å². The molecule has 0 saturated carbocycles. The zero-order valence-corrected chi connectivity index (χ0v) is 12.1. The molecule has 0 radical (unpaired) electrons. The van der Waals surface area contributed by atoms with Gasteiger partial charge in [0.15, 0.2) is 11.6 Å². The first-order valence-corrected chi connectivity index (χ1v) is 6.81. The molecule has 0 aromatic heterocycles. The SMILES string of the molecule is CC[C@@H]1C[C@@H](N=[N+]=[N-])C(=O)N1c1ccc(Br)c(F)c1F. The highest BCUT2D eigenvalue weighted by atomic mass is 79.9. The van der Waals surface area contributed by atoms with Crippen molar-refractivity contribution in [2.45, 2.75) is 31.8 Å². The van der Waals surface area contributed by atoms with Gasteiger partial charge in [-0.15, -0.1) is 0 Å². The quantitative estimate of drug-likeness (QED) is 0.354. The summed E-state index contributed by atoms with van der Waals surface area (Å²) in [6.45, 7) is 1.83. The molecule has 1 amide bonds. The molecule has 1 aliphatic rings. The number of hydrogen-bond donors (Lipinski definition) is 0. The van der Waals surface area contributed by atoms with Gasteiger partial charge in [-0.2, -0.15) is 0 Å². The van der Waals surface area contributed by atoms with Crippen molar-refractivity contribution in [1.29, 1.82) is 0 Å². The fraction of sp³-hybridized carbons (Fsp3) is 0.417. The molecule has 1 aromatic carbocycles. The second kappa shape index (κ2) is 5.76. The van der Waals surface area contributed by atoms with E-state index in [0.29, 0.717) is 12.8 Å². The Bertz CT molecular complexity index is 603. The zero-order chi connectivity index (χ0) is 14.9. The molecule has 1 fully saturated rings. The van der Waals surface area contributed by atoms with E-state index in [1.807, 2.05) is 6.92 Å². The number of carbonyl (C=O) groups excluding carboxylic acids is 1. The summed E-state index contributed by atoms with van der Waals surface area (Å²) in [5.41, 5.74) is 8.32. The molecule has 5 nitrogen and oxygen atoms in total. The summed E-state index contributed by atoms with van der Waals surface area (Å²) in [5.74, 6) is -2.64. The van der Waals surface area contributed by atoms with Crippen molar-refractivity contribution in [2.75, 3.05) is 4.90 Å². The van der Waals surface area contributed by atoms with Crippen molar-refractivity contribution in [3.63, 3.8) is 0 Å². The van der Waals surface area contributed by atoms with Gasteiger partial charge in [0.05, 0.1) is 10.2 Å². The summed E-state index contributed by atoms with van der Waals surface area (Å²) in [6, 6.07) is 1.50. The third-order valence-electron chi connectivity index (χ3n) is 3.32. The van der Waals surface area contributed by atoms with Gasteiger partial charge in [0.1, 0.15) is 6.04 Å². The van der Waals surface area contributed by atoms with Crippen molar-refractivity contribution in [1.82, 2.24) is 0 Å². The highest BCUT2D eigenvalue weighted by molar-refractivity contribution is 9.10. The normalized spacial score (nSPS) is 22.0. The van der Waals surface area contributed by atoms with Gasteiger partial charge in [0.25, 0.3) is 0 Å². The third kappa shape index (κ3) is 2.36. The molecule has 1 aliphatic heterocycles. The van der Waals surface area contributed by atoms with Crippen LogP contribution >= 0.6 is 15.9 Å². The number of rotatable bonds is 3.